The summed E-state index contributed by atoms with van der Waals surface area (Å²) < 4.78 is 2.53. The number of halogens is 1. The molecule has 1 rings (SSSR count). The van der Waals surface area contributed by atoms with E-state index in [2.05, 4.69) is 27.7 Å². The molecule has 0 saturated heterocycles. The molecule has 0 fully saturated rings. The van der Waals surface area contributed by atoms with Crippen LogP contribution >= 0.6 is 22.6 Å². The van der Waals surface area contributed by atoms with Gasteiger partial charge in [0, 0.05) is 6.54 Å². The molecule has 0 saturated carbocycles. The third-order valence-corrected chi connectivity index (χ3v) is 2.17. The van der Waals surface area contributed by atoms with Crippen LogP contribution in [-0.2, 0) is 6.54 Å². The summed E-state index contributed by atoms with van der Waals surface area (Å²) in [5, 5.41) is 12.9. The first-order chi connectivity index (χ1) is 4.25. The molecule has 0 amide bonds. The molecule has 0 radical (unpaired) electrons. The van der Waals surface area contributed by atoms with Crippen LogP contribution in [-0.4, -0.2) is 14.9 Å². The van der Waals surface area contributed by atoms with Crippen LogP contribution in [0.1, 0.15) is 6.92 Å². The topological polar surface area (TPSA) is 38.0 Å². The molecule has 0 atom stereocenters. The van der Waals surface area contributed by atoms with Crippen LogP contribution in [0.2, 0.25) is 0 Å². The van der Waals surface area contributed by atoms with Crippen molar-refractivity contribution in [1.29, 1.82) is 0 Å². The van der Waals surface area contributed by atoms with Crippen molar-refractivity contribution in [1.82, 2.24) is 9.78 Å². The predicted molar refractivity (Wildman–Crippen MR) is 42.3 cm³/mol. The van der Waals surface area contributed by atoms with Crippen molar-refractivity contribution in [3.63, 3.8) is 0 Å². The monoisotopic (exact) mass is 238 g/mol. The largest absolute Gasteiger partial charge is 0.504 e. The zero-order valence-corrected chi connectivity index (χ0v) is 7.16. The van der Waals surface area contributed by atoms with E-state index >= 15 is 0 Å². The molecule has 1 aromatic rings. The van der Waals surface area contributed by atoms with Crippen LogP contribution in [0.3, 0.4) is 0 Å². The number of rotatable bonds is 1. The van der Waals surface area contributed by atoms with Crippen LogP contribution in [0.25, 0.3) is 0 Å². The van der Waals surface area contributed by atoms with Crippen molar-refractivity contribution >= 4 is 22.6 Å². The first-order valence-electron chi connectivity index (χ1n) is 2.66. The van der Waals surface area contributed by atoms with Crippen molar-refractivity contribution in [3.05, 3.63) is 9.90 Å². The summed E-state index contributed by atoms with van der Waals surface area (Å²) in [5.41, 5.74) is 0. The van der Waals surface area contributed by atoms with Gasteiger partial charge in [-0.15, -0.1) is 0 Å². The lowest BCUT2D eigenvalue weighted by molar-refractivity contribution is 0.468. The quantitative estimate of drug-likeness (QED) is 0.747. The lowest BCUT2D eigenvalue weighted by Gasteiger charge is -1.94. The average Bonchev–Trinajstić information content (AvgIpc) is 2.15. The summed E-state index contributed by atoms with van der Waals surface area (Å²) in [4.78, 5) is 0. The Morgan fingerprint density at radius 2 is 2.56 bits per heavy atom. The Kier molecular flexibility index (Phi) is 1.94. The maximum Gasteiger partial charge on any atom is 0.167 e. The van der Waals surface area contributed by atoms with Gasteiger partial charge in [-0.25, -0.2) is 0 Å². The zero-order chi connectivity index (χ0) is 6.85. The third-order valence-electron chi connectivity index (χ3n) is 1.06. The number of nitrogens with zero attached hydrogens (tertiary/aromatic N) is 2. The highest BCUT2D eigenvalue weighted by atomic mass is 127. The minimum atomic E-state index is 0.262. The molecular formula is C5H7IN2O. The number of hydrogen-bond acceptors (Lipinski definition) is 2. The van der Waals surface area contributed by atoms with Crippen molar-refractivity contribution in [2.75, 3.05) is 0 Å². The standard InChI is InChI=1S/C5H7IN2O/c1-2-8-5(6)4(9)3-7-8/h3,9H,2H2,1H3. The second-order valence-electron chi connectivity index (χ2n) is 1.64. The van der Waals surface area contributed by atoms with E-state index in [1.807, 2.05) is 6.92 Å². The summed E-state index contributed by atoms with van der Waals surface area (Å²) in [7, 11) is 0. The molecule has 9 heavy (non-hydrogen) atoms. The van der Waals surface area contributed by atoms with Crippen molar-refractivity contribution < 1.29 is 5.11 Å². The molecular weight excluding hydrogens is 231 g/mol. The van der Waals surface area contributed by atoms with E-state index in [-0.39, 0.29) is 5.75 Å². The fraction of sp³-hybridized carbons (Fsp3) is 0.400. The van der Waals surface area contributed by atoms with E-state index < -0.39 is 0 Å². The van der Waals surface area contributed by atoms with Crippen molar-refractivity contribution in [3.8, 4) is 5.75 Å². The minimum Gasteiger partial charge on any atom is -0.504 e. The van der Waals surface area contributed by atoms with Crippen LogP contribution < -0.4 is 0 Å². The Morgan fingerprint density at radius 3 is 2.78 bits per heavy atom. The predicted octanol–water partition coefficient (Wildman–Crippen LogP) is 1.21. The second-order valence-corrected chi connectivity index (χ2v) is 2.66. The Bertz CT molecular complexity index is 209. The minimum absolute atomic E-state index is 0.262. The Morgan fingerprint density at radius 1 is 1.89 bits per heavy atom. The SMILES string of the molecule is CCn1ncc(O)c1I. The van der Waals surface area contributed by atoms with Gasteiger partial charge in [-0.05, 0) is 29.5 Å². The average molecular weight is 238 g/mol. The van der Waals surface area contributed by atoms with Gasteiger partial charge in [0.25, 0.3) is 0 Å². The van der Waals surface area contributed by atoms with Gasteiger partial charge in [0.05, 0.1) is 6.20 Å². The van der Waals surface area contributed by atoms with Crippen LogP contribution in [0.5, 0.6) is 5.75 Å². The molecule has 0 spiro atoms. The smallest absolute Gasteiger partial charge is 0.167 e. The normalized spacial score (nSPS) is 10.0. The van der Waals surface area contributed by atoms with Gasteiger partial charge in [-0.1, -0.05) is 0 Å². The molecule has 0 unspecified atom stereocenters. The number of aryl methyl sites for hydroxylation is 1. The summed E-state index contributed by atoms with van der Waals surface area (Å²) in [5.74, 6) is 0.262. The Hall–Kier alpha value is -0.260. The van der Waals surface area contributed by atoms with E-state index in [0.29, 0.717) is 0 Å². The fourth-order valence-corrected chi connectivity index (χ4v) is 1.19. The lowest BCUT2D eigenvalue weighted by Crippen LogP contribution is -1.97. The van der Waals surface area contributed by atoms with Gasteiger partial charge < -0.3 is 5.11 Å². The van der Waals surface area contributed by atoms with E-state index in [1.54, 1.807) is 4.68 Å². The van der Waals surface area contributed by atoms with Gasteiger partial charge in [-0.3, -0.25) is 4.68 Å². The van der Waals surface area contributed by atoms with Gasteiger partial charge >= 0.3 is 0 Å². The lowest BCUT2D eigenvalue weighted by atomic mass is 10.6. The van der Waals surface area contributed by atoms with Gasteiger partial charge in [0.2, 0.25) is 0 Å². The second kappa shape index (κ2) is 2.55. The molecule has 0 aliphatic carbocycles. The molecule has 3 nitrogen and oxygen atoms in total. The summed E-state index contributed by atoms with van der Waals surface area (Å²) in [6.07, 6.45) is 1.45. The van der Waals surface area contributed by atoms with E-state index in [0.717, 1.165) is 10.2 Å². The summed E-state index contributed by atoms with van der Waals surface area (Å²) >= 11 is 2.05. The molecule has 0 aromatic carbocycles. The third kappa shape index (κ3) is 1.17. The van der Waals surface area contributed by atoms with E-state index in [4.69, 9.17) is 5.11 Å². The maximum atomic E-state index is 8.98. The highest BCUT2D eigenvalue weighted by Crippen LogP contribution is 2.16. The van der Waals surface area contributed by atoms with E-state index in [1.165, 1.54) is 6.20 Å². The molecule has 1 N–H and O–H groups in total. The van der Waals surface area contributed by atoms with Crippen LogP contribution in [0.15, 0.2) is 6.20 Å². The number of hydrogen-bond donors (Lipinski definition) is 1. The van der Waals surface area contributed by atoms with E-state index in [9.17, 15) is 0 Å². The summed E-state index contributed by atoms with van der Waals surface area (Å²) in [6, 6.07) is 0. The Balaban J connectivity index is 3.04. The summed E-state index contributed by atoms with van der Waals surface area (Å²) in [6.45, 7) is 2.79. The molecule has 1 heterocycles. The number of aromatic hydroxyl groups is 1. The highest BCUT2D eigenvalue weighted by molar-refractivity contribution is 14.1. The van der Waals surface area contributed by atoms with Crippen LogP contribution in [0.4, 0.5) is 0 Å². The maximum absolute atomic E-state index is 8.98. The number of aromatic nitrogens is 2. The van der Waals surface area contributed by atoms with Gasteiger partial charge in [0.1, 0.15) is 3.70 Å². The Labute approximate surface area is 66.8 Å². The van der Waals surface area contributed by atoms with Crippen molar-refractivity contribution in [2.24, 2.45) is 0 Å². The van der Waals surface area contributed by atoms with Crippen molar-refractivity contribution in [2.45, 2.75) is 13.5 Å². The molecule has 1 aromatic heterocycles. The first kappa shape index (κ1) is 6.85. The highest BCUT2D eigenvalue weighted by Gasteiger charge is 2.01. The molecule has 4 heteroatoms. The molecule has 0 bridgehead atoms. The van der Waals surface area contributed by atoms with Crippen LogP contribution in [0, 0.1) is 3.70 Å². The van der Waals surface area contributed by atoms with Gasteiger partial charge in [-0.2, -0.15) is 5.10 Å². The first-order valence-corrected chi connectivity index (χ1v) is 3.74. The molecule has 0 aliphatic heterocycles. The fourth-order valence-electron chi connectivity index (χ4n) is 0.581. The molecule has 0 aliphatic rings. The molecule has 50 valence electrons. The van der Waals surface area contributed by atoms with Gasteiger partial charge in [0.15, 0.2) is 5.75 Å². The zero-order valence-electron chi connectivity index (χ0n) is 5.00.